The monoisotopic (exact) mass is 284 g/mol. The first kappa shape index (κ1) is 15.0. The van der Waals surface area contributed by atoms with Crippen LogP contribution < -0.4 is 11.1 Å². The Bertz CT molecular complexity index is 611. The van der Waals surface area contributed by atoms with Crippen molar-refractivity contribution >= 4 is 11.7 Å². The number of benzene rings is 1. The summed E-state index contributed by atoms with van der Waals surface area (Å²) in [5, 5.41) is 2.97. The maximum absolute atomic E-state index is 12.2. The minimum Gasteiger partial charge on any atom is -0.382 e. The van der Waals surface area contributed by atoms with Crippen molar-refractivity contribution in [3.63, 3.8) is 0 Å². The third-order valence-electron chi connectivity index (χ3n) is 3.22. The van der Waals surface area contributed by atoms with Crippen LogP contribution in [0.5, 0.6) is 0 Å². The lowest BCUT2D eigenvalue weighted by Gasteiger charge is -2.26. The molecular formula is C16H20N4O. The predicted molar refractivity (Wildman–Crippen MR) is 82.8 cm³/mol. The van der Waals surface area contributed by atoms with Crippen LogP contribution in [0.3, 0.4) is 0 Å². The van der Waals surface area contributed by atoms with Crippen LogP contribution in [0.25, 0.3) is 0 Å². The molecule has 0 saturated carbocycles. The Morgan fingerprint density at radius 3 is 2.62 bits per heavy atom. The molecule has 0 atom stereocenters. The fourth-order valence-corrected chi connectivity index (χ4v) is 2.03. The van der Waals surface area contributed by atoms with Gasteiger partial charge in [0.15, 0.2) is 0 Å². The number of hydrogen-bond donors (Lipinski definition) is 2. The van der Waals surface area contributed by atoms with E-state index in [4.69, 9.17) is 5.73 Å². The molecule has 0 aliphatic heterocycles. The second-order valence-electron chi connectivity index (χ2n) is 5.65. The van der Waals surface area contributed by atoms with Crippen LogP contribution in [0.4, 0.5) is 5.82 Å². The molecular weight excluding hydrogens is 264 g/mol. The zero-order chi connectivity index (χ0) is 15.3. The second kappa shape index (κ2) is 6.35. The van der Waals surface area contributed by atoms with Gasteiger partial charge >= 0.3 is 0 Å². The molecule has 3 N–H and O–H groups in total. The molecule has 2 rings (SSSR count). The molecule has 1 aromatic carbocycles. The Labute approximate surface area is 124 Å². The van der Waals surface area contributed by atoms with Gasteiger partial charge in [-0.25, -0.2) is 4.98 Å². The fraction of sp³-hybridized carbons (Fsp3) is 0.312. The molecule has 0 spiro atoms. The molecule has 0 saturated heterocycles. The van der Waals surface area contributed by atoms with Crippen LogP contribution in [-0.4, -0.2) is 21.4 Å². The number of anilines is 1. The van der Waals surface area contributed by atoms with Gasteiger partial charge in [0, 0.05) is 5.54 Å². The Balaban J connectivity index is 1.95. The van der Waals surface area contributed by atoms with Gasteiger partial charge in [-0.1, -0.05) is 30.3 Å². The van der Waals surface area contributed by atoms with Crippen LogP contribution in [0.2, 0.25) is 0 Å². The summed E-state index contributed by atoms with van der Waals surface area (Å²) in [5.74, 6) is -0.0161. The van der Waals surface area contributed by atoms with Crippen LogP contribution in [0, 0.1) is 0 Å². The molecule has 110 valence electrons. The average molecular weight is 284 g/mol. The predicted octanol–water partition coefficient (Wildman–Crippen LogP) is 2.20. The van der Waals surface area contributed by atoms with Gasteiger partial charge in [-0.05, 0) is 32.3 Å². The number of aromatic nitrogens is 2. The van der Waals surface area contributed by atoms with Crippen molar-refractivity contribution in [3.05, 3.63) is 54.0 Å². The van der Waals surface area contributed by atoms with Gasteiger partial charge < -0.3 is 11.1 Å². The lowest BCUT2D eigenvalue weighted by atomic mass is 9.95. The summed E-state index contributed by atoms with van der Waals surface area (Å²) >= 11 is 0. The second-order valence-corrected chi connectivity index (χ2v) is 5.65. The van der Waals surface area contributed by atoms with E-state index in [9.17, 15) is 4.79 Å². The van der Waals surface area contributed by atoms with Crippen LogP contribution in [0.15, 0.2) is 42.7 Å². The van der Waals surface area contributed by atoms with Gasteiger partial charge in [0.05, 0.1) is 12.4 Å². The Morgan fingerprint density at radius 2 is 1.95 bits per heavy atom. The van der Waals surface area contributed by atoms with E-state index in [1.54, 1.807) is 0 Å². The SMILES string of the molecule is CC(C)(CCc1ccccc1)NC(=O)c1cncc(N)n1. The van der Waals surface area contributed by atoms with E-state index >= 15 is 0 Å². The number of carbonyl (C=O) groups excluding carboxylic acids is 1. The van der Waals surface area contributed by atoms with E-state index in [2.05, 4.69) is 27.4 Å². The maximum atomic E-state index is 12.2. The third kappa shape index (κ3) is 4.56. The molecule has 0 bridgehead atoms. The molecule has 1 heterocycles. The summed E-state index contributed by atoms with van der Waals surface area (Å²) in [6, 6.07) is 10.2. The van der Waals surface area contributed by atoms with Gasteiger partial charge in [0.25, 0.3) is 5.91 Å². The van der Waals surface area contributed by atoms with Crippen molar-refractivity contribution in [1.82, 2.24) is 15.3 Å². The molecule has 2 aromatic rings. The Morgan fingerprint density at radius 1 is 1.24 bits per heavy atom. The van der Waals surface area contributed by atoms with Crippen LogP contribution >= 0.6 is 0 Å². The summed E-state index contributed by atoms with van der Waals surface area (Å²) < 4.78 is 0. The highest BCUT2D eigenvalue weighted by molar-refractivity contribution is 5.92. The van der Waals surface area contributed by atoms with E-state index < -0.39 is 0 Å². The smallest absolute Gasteiger partial charge is 0.271 e. The van der Waals surface area contributed by atoms with Crippen LogP contribution in [0.1, 0.15) is 36.3 Å². The Kier molecular flexibility index (Phi) is 4.52. The quantitative estimate of drug-likeness (QED) is 0.882. The number of carbonyl (C=O) groups is 1. The van der Waals surface area contributed by atoms with Gasteiger partial charge in [-0.15, -0.1) is 0 Å². The molecule has 5 heteroatoms. The van der Waals surface area contributed by atoms with E-state index in [1.807, 2.05) is 32.0 Å². The van der Waals surface area contributed by atoms with Gasteiger partial charge in [-0.2, -0.15) is 0 Å². The van der Waals surface area contributed by atoms with Gasteiger partial charge in [0.1, 0.15) is 11.5 Å². The van der Waals surface area contributed by atoms with E-state index in [0.717, 1.165) is 12.8 Å². The summed E-state index contributed by atoms with van der Waals surface area (Å²) in [6.45, 7) is 3.99. The van der Waals surface area contributed by atoms with Crippen molar-refractivity contribution in [2.75, 3.05) is 5.73 Å². The molecule has 5 nitrogen and oxygen atoms in total. The maximum Gasteiger partial charge on any atom is 0.271 e. The summed E-state index contributed by atoms with van der Waals surface area (Å²) in [7, 11) is 0. The van der Waals surface area contributed by atoms with E-state index in [1.165, 1.54) is 18.0 Å². The largest absolute Gasteiger partial charge is 0.382 e. The first-order valence-corrected chi connectivity index (χ1v) is 6.90. The molecule has 0 aliphatic rings. The zero-order valence-corrected chi connectivity index (χ0v) is 12.3. The Hall–Kier alpha value is -2.43. The molecule has 1 aromatic heterocycles. The topological polar surface area (TPSA) is 80.9 Å². The number of hydrogen-bond acceptors (Lipinski definition) is 4. The highest BCUT2D eigenvalue weighted by Crippen LogP contribution is 2.14. The van der Waals surface area contributed by atoms with E-state index in [-0.39, 0.29) is 23.0 Å². The highest BCUT2D eigenvalue weighted by atomic mass is 16.2. The van der Waals surface area contributed by atoms with Gasteiger partial charge in [-0.3, -0.25) is 9.78 Å². The van der Waals surface area contributed by atoms with Crippen molar-refractivity contribution < 1.29 is 4.79 Å². The first-order chi connectivity index (χ1) is 9.96. The average Bonchev–Trinajstić information content (AvgIpc) is 2.46. The molecule has 0 unspecified atom stereocenters. The first-order valence-electron chi connectivity index (χ1n) is 6.90. The van der Waals surface area contributed by atoms with E-state index in [0.29, 0.717) is 0 Å². The number of aryl methyl sites for hydroxylation is 1. The zero-order valence-electron chi connectivity index (χ0n) is 12.3. The van der Waals surface area contributed by atoms with Crippen LogP contribution in [-0.2, 0) is 6.42 Å². The summed E-state index contributed by atoms with van der Waals surface area (Å²) in [6.07, 6.45) is 4.56. The normalized spacial score (nSPS) is 11.1. The lowest BCUT2D eigenvalue weighted by Crippen LogP contribution is -2.44. The minimum atomic E-state index is -0.334. The number of nitrogen functional groups attached to an aromatic ring is 1. The number of nitrogens with zero attached hydrogens (tertiary/aromatic N) is 2. The number of rotatable bonds is 5. The molecule has 21 heavy (non-hydrogen) atoms. The van der Waals surface area contributed by atoms with Crippen molar-refractivity contribution in [2.45, 2.75) is 32.2 Å². The van der Waals surface area contributed by atoms with Crippen molar-refractivity contribution in [2.24, 2.45) is 0 Å². The van der Waals surface area contributed by atoms with Crippen molar-refractivity contribution in [1.29, 1.82) is 0 Å². The molecule has 0 radical (unpaired) electrons. The summed E-state index contributed by atoms with van der Waals surface area (Å²) in [5.41, 5.74) is 6.70. The molecule has 0 aliphatic carbocycles. The number of nitrogens with one attached hydrogen (secondary N) is 1. The van der Waals surface area contributed by atoms with Gasteiger partial charge in [0.2, 0.25) is 0 Å². The number of nitrogens with two attached hydrogens (primary N) is 1. The summed E-state index contributed by atoms with van der Waals surface area (Å²) in [4.78, 5) is 20.0. The lowest BCUT2D eigenvalue weighted by molar-refractivity contribution is 0.0904. The highest BCUT2D eigenvalue weighted by Gasteiger charge is 2.22. The molecule has 0 fully saturated rings. The third-order valence-corrected chi connectivity index (χ3v) is 3.22. The fourth-order valence-electron chi connectivity index (χ4n) is 2.03. The minimum absolute atomic E-state index is 0.239. The number of amides is 1. The van der Waals surface area contributed by atoms with Crippen molar-refractivity contribution in [3.8, 4) is 0 Å². The standard InChI is InChI=1S/C16H20N4O/c1-16(2,9-8-12-6-4-3-5-7-12)20-15(21)13-10-18-11-14(17)19-13/h3-7,10-11H,8-9H2,1-2H3,(H2,17,19)(H,20,21). The molecule has 1 amide bonds.